The van der Waals surface area contributed by atoms with Gasteiger partial charge in [0.2, 0.25) is 0 Å². The second-order valence-electron chi connectivity index (χ2n) is 6.72. The third-order valence-electron chi connectivity index (χ3n) is 4.47. The Morgan fingerprint density at radius 2 is 1.79 bits per heavy atom. The maximum Gasteiger partial charge on any atom is 0.0653 e. The smallest absolute Gasteiger partial charge is 0.0653 e. The van der Waals surface area contributed by atoms with Crippen LogP contribution in [0.3, 0.4) is 0 Å². The van der Waals surface area contributed by atoms with Crippen LogP contribution in [0.1, 0.15) is 30.5 Å². The van der Waals surface area contributed by atoms with Crippen LogP contribution in [0.5, 0.6) is 0 Å². The lowest BCUT2D eigenvalue weighted by Gasteiger charge is -2.21. The molecule has 0 radical (unpaired) electrons. The summed E-state index contributed by atoms with van der Waals surface area (Å²) in [4.78, 5) is 2.35. The standard InChI is InChI=1S/C20H26N4/c1-15(2)24(3)14-18-6-4-5-16(9-18)11-21-12-17-7-8-19-13-22-23-20(19)10-17/h4-10,13,15,21H,11-12,14H2,1-3H3,(H,22,23). The molecule has 0 saturated carbocycles. The monoisotopic (exact) mass is 322 g/mol. The summed E-state index contributed by atoms with van der Waals surface area (Å²) in [7, 11) is 2.17. The SMILES string of the molecule is CC(C)N(C)Cc1cccc(CNCc2ccc3cn[nH]c3c2)c1. The zero-order valence-electron chi connectivity index (χ0n) is 14.7. The Morgan fingerprint density at radius 3 is 2.58 bits per heavy atom. The first-order chi connectivity index (χ1) is 11.6. The van der Waals surface area contributed by atoms with Crippen LogP contribution in [-0.4, -0.2) is 28.2 Å². The maximum atomic E-state index is 4.07. The van der Waals surface area contributed by atoms with Crippen molar-refractivity contribution in [3.8, 4) is 0 Å². The lowest BCUT2D eigenvalue weighted by atomic mass is 10.1. The van der Waals surface area contributed by atoms with E-state index in [9.17, 15) is 0 Å². The molecule has 4 heteroatoms. The second-order valence-corrected chi connectivity index (χ2v) is 6.72. The van der Waals surface area contributed by atoms with E-state index in [2.05, 4.69) is 83.8 Å². The molecule has 4 nitrogen and oxygen atoms in total. The van der Waals surface area contributed by atoms with Crippen LogP contribution in [-0.2, 0) is 19.6 Å². The molecule has 0 spiro atoms. The lowest BCUT2D eigenvalue weighted by Crippen LogP contribution is -2.25. The molecule has 0 unspecified atom stereocenters. The number of nitrogens with zero attached hydrogens (tertiary/aromatic N) is 2. The number of aromatic amines is 1. The molecular formula is C20H26N4. The van der Waals surface area contributed by atoms with Crippen LogP contribution >= 0.6 is 0 Å². The van der Waals surface area contributed by atoms with E-state index < -0.39 is 0 Å². The Hall–Kier alpha value is -2.17. The van der Waals surface area contributed by atoms with E-state index in [1.54, 1.807) is 0 Å². The number of benzene rings is 2. The average Bonchev–Trinajstić information content (AvgIpc) is 3.03. The third kappa shape index (κ3) is 4.22. The number of hydrogen-bond donors (Lipinski definition) is 2. The van der Waals surface area contributed by atoms with Crippen LogP contribution < -0.4 is 5.32 Å². The van der Waals surface area contributed by atoms with E-state index in [1.165, 1.54) is 16.7 Å². The molecular weight excluding hydrogens is 296 g/mol. The summed E-state index contributed by atoms with van der Waals surface area (Å²) in [5.41, 5.74) is 5.05. The summed E-state index contributed by atoms with van der Waals surface area (Å²) in [6, 6.07) is 15.8. The van der Waals surface area contributed by atoms with Crippen molar-refractivity contribution in [2.75, 3.05) is 7.05 Å². The van der Waals surface area contributed by atoms with Gasteiger partial charge in [0, 0.05) is 31.1 Å². The Morgan fingerprint density at radius 1 is 1.04 bits per heavy atom. The predicted molar refractivity (Wildman–Crippen MR) is 99.7 cm³/mol. The van der Waals surface area contributed by atoms with Crippen molar-refractivity contribution in [2.45, 2.75) is 39.5 Å². The van der Waals surface area contributed by atoms with Gasteiger partial charge in [-0.15, -0.1) is 0 Å². The first-order valence-electron chi connectivity index (χ1n) is 8.52. The molecule has 1 heterocycles. The highest BCUT2D eigenvalue weighted by atomic mass is 15.1. The largest absolute Gasteiger partial charge is 0.309 e. The zero-order valence-corrected chi connectivity index (χ0v) is 14.7. The highest BCUT2D eigenvalue weighted by Gasteiger charge is 2.05. The minimum Gasteiger partial charge on any atom is -0.309 e. The second kappa shape index (κ2) is 7.60. The Bertz CT molecular complexity index is 791. The lowest BCUT2D eigenvalue weighted by molar-refractivity contribution is 0.266. The highest BCUT2D eigenvalue weighted by molar-refractivity contribution is 5.78. The summed E-state index contributed by atoms with van der Waals surface area (Å²) in [6.07, 6.45) is 1.85. The number of H-pyrrole nitrogens is 1. The normalized spacial score (nSPS) is 11.7. The molecule has 24 heavy (non-hydrogen) atoms. The summed E-state index contributed by atoms with van der Waals surface area (Å²) < 4.78 is 0. The summed E-state index contributed by atoms with van der Waals surface area (Å²) >= 11 is 0. The Balaban J connectivity index is 1.56. The van der Waals surface area contributed by atoms with Crippen LogP contribution in [0.2, 0.25) is 0 Å². The number of rotatable bonds is 7. The van der Waals surface area contributed by atoms with Crippen LogP contribution in [0.15, 0.2) is 48.7 Å². The molecule has 126 valence electrons. The first kappa shape index (κ1) is 16.7. The fourth-order valence-corrected chi connectivity index (χ4v) is 2.75. The van der Waals surface area contributed by atoms with Gasteiger partial charge < -0.3 is 5.32 Å². The van der Waals surface area contributed by atoms with Gasteiger partial charge in [0.1, 0.15) is 0 Å². The van der Waals surface area contributed by atoms with Gasteiger partial charge in [-0.25, -0.2) is 0 Å². The number of aromatic nitrogens is 2. The summed E-state index contributed by atoms with van der Waals surface area (Å²) in [6.45, 7) is 7.16. The summed E-state index contributed by atoms with van der Waals surface area (Å²) in [5.74, 6) is 0. The highest BCUT2D eigenvalue weighted by Crippen LogP contribution is 2.13. The topological polar surface area (TPSA) is 44.0 Å². The van der Waals surface area contributed by atoms with Gasteiger partial charge in [-0.05, 0) is 43.7 Å². The Kier molecular flexibility index (Phi) is 5.28. The Labute approximate surface area is 143 Å². The van der Waals surface area contributed by atoms with E-state index in [0.29, 0.717) is 6.04 Å². The molecule has 0 aliphatic rings. The molecule has 0 bridgehead atoms. The molecule has 0 aliphatic heterocycles. The van der Waals surface area contributed by atoms with Gasteiger partial charge >= 0.3 is 0 Å². The van der Waals surface area contributed by atoms with Gasteiger partial charge in [-0.2, -0.15) is 5.10 Å². The van der Waals surface area contributed by atoms with Crippen molar-refractivity contribution in [3.05, 3.63) is 65.4 Å². The molecule has 0 amide bonds. The van der Waals surface area contributed by atoms with Crippen molar-refractivity contribution < 1.29 is 0 Å². The number of fused-ring (bicyclic) bond motifs is 1. The minimum absolute atomic E-state index is 0.559. The van der Waals surface area contributed by atoms with Gasteiger partial charge in [0.15, 0.2) is 0 Å². The predicted octanol–water partition coefficient (Wildman–Crippen LogP) is 3.69. The molecule has 0 aliphatic carbocycles. The van der Waals surface area contributed by atoms with Crippen LogP contribution in [0, 0.1) is 0 Å². The molecule has 2 aromatic carbocycles. The fourth-order valence-electron chi connectivity index (χ4n) is 2.75. The molecule has 3 aromatic rings. The van der Waals surface area contributed by atoms with Gasteiger partial charge in [-0.1, -0.05) is 36.4 Å². The molecule has 1 aromatic heterocycles. The van der Waals surface area contributed by atoms with Crippen molar-refractivity contribution >= 4 is 10.9 Å². The van der Waals surface area contributed by atoms with Crippen molar-refractivity contribution in [1.82, 2.24) is 20.4 Å². The maximum absolute atomic E-state index is 4.07. The number of nitrogens with one attached hydrogen (secondary N) is 2. The van der Waals surface area contributed by atoms with E-state index in [-0.39, 0.29) is 0 Å². The molecule has 3 rings (SSSR count). The first-order valence-corrected chi connectivity index (χ1v) is 8.52. The third-order valence-corrected chi connectivity index (χ3v) is 4.47. The average molecular weight is 322 g/mol. The van der Waals surface area contributed by atoms with E-state index in [1.807, 2.05) is 6.20 Å². The van der Waals surface area contributed by atoms with Gasteiger partial charge in [-0.3, -0.25) is 10.00 Å². The van der Waals surface area contributed by atoms with Crippen molar-refractivity contribution in [1.29, 1.82) is 0 Å². The van der Waals surface area contributed by atoms with E-state index >= 15 is 0 Å². The van der Waals surface area contributed by atoms with Crippen LogP contribution in [0.4, 0.5) is 0 Å². The van der Waals surface area contributed by atoms with Crippen LogP contribution in [0.25, 0.3) is 10.9 Å². The molecule has 0 atom stereocenters. The van der Waals surface area contributed by atoms with E-state index in [0.717, 1.165) is 30.5 Å². The molecule has 0 saturated heterocycles. The fraction of sp³-hybridized carbons (Fsp3) is 0.350. The summed E-state index contributed by atoms with van der Waals surface area (Å²) in [5, 5.41) is 11.8. The van der Waals surface area contributed by atoms with Gasteiger partial charge in [0.05, 0.1) is 11.7 Å². The zero-order chi connectivity index (χ0) is 16.9. The van der Waals surface area contributed by atoms with Gasteiger partial charge in [0.25, 0.3) is 0 Å². The molecule has 0 fully saturated rings. The quantitative estimate of drug-likeness (QED) is 0.697. The molecule has 2 N–H and O–H groups in total. The van der Waals surface area contributed by atoms with Crippen molar-refractivity contribution in [2.24, 2.45) is 0 Å². The number of hydrogen-bond acceptors (Lipinski definition) is 3. The van der Waals surface area contributed by atoms with Crippen molar-refractivity contribution in [3.63, 3.8) is 0 Å². The van der Waals surface area contributed by atoms with E-state index in [4.69, 9.17) is 0 Å². The minimum atomic E-state index is 0.559.